The monoisotopic (exact) mass is 394 g/mol. The second kappa shape index (κ2) is 6.05. The molecule has 0 aromatic heterocycles. The highest BCUT2D eigenvalue weighted by Crippen LogP contribution is 2.69. The number of ether oxygens (including phenoxy) is 1. The third-order valence-corrected chi connectivity index (χ3v) is 10.1. The van der Waals surface area contributed by atoms with Gasteiger partial charge in [0.2, 0.25) is 0 Å². The Bertz CT molecular complexity index is 877. The first kappa shape index (κ1) is 19.5. The van der Waals surface area contributed by atoms with Gasteiger partial charge in [0.25, 0.3) is 0 Å². The van der Waals surface area contributed by atoms with Crippen LogP contribution in [0.5, 0.6) is 11.5 Å². The fraction of sp³-hybridized carbons (Fsp3) is 0.704. The fourth-order valence-corrected chi connectivity index (χ4v) is 7.69. The number of rotatable bonds is 2. The number of benzene rings is 1. The standard InChI is InChI=1S/C27H38O2/c1-16-7-9-21-20(13-16)23-22(29-26(21,4)5)10-8-17(24(23)28)14-19-15-18-11-12-27(19,6)25(18,2)3/h7-8,10,18-21,28H,9,11-15H2,1-6H3/t18-,19-,20+,21+,27-/m0/s1. The number of allylic oxidation sites excluding steroid dienone is 2. The zero-order chi connectivity index (χ0) is 20.8. The van der Waals surface area contributed by atoms with Crippen LogP contribution in [0, 0.1) is 28.6 Å². The first-order chi connectivity index (χ1) is 13.5. The van der Waals surface area contributed by atoms with Crippen LogP contribution < -0.4 is 4.74 Å². The summed E-state index contributed by atoms with van der Waals surface area (Å²) in [5.41, 5.74) is 4.31. The van der Waals surface area contributed by atoms with E-state index in [-0.39, 0.29) is 5.60 Å². The largest absolute Gasteiger partial charge is 0.507 e. The Morgan fingerprint density at radius 2 is 1.90 bits per heavy atom. The molecule has 1 N–H and O–H groups in total. The third-order valence-electron chi connectivity index (χ3n) is 10.1. The van der Waals surface area contributed by atoms with Gasteiger partial charge in [-0.3, -0.25) is 0 Å². The SMILES string of the molecule is CC1=CC[C@@H]2[C@@H](C1)c1c(ccc(C[C@H]3C[C@@H]4CC[C@]3(C)C4(C)C)c1O)OC2(C)C. The summed E-state index contributed by atoms with van der Waals surface area (Å²) in [4.78, 5) is 0. The normalized spacial score (nSPS) is 38.8. The molecule has 1 aromatic rings. The maximum atomic E-state index is 11.5. The predicted molar refractivity (Wildman–Crippen MR) is 118 cm³/mol. The van der Waals surface area contributed by atoms with Crippen LogP contribution >= 0.6 is 0 Å². The van der Waals surface area contributed by atoms with E-state index in [2.05, 4.69) is 59.8 Å². The quantitative estimate of drug-likeness (QED) is 0.547. The molecule has 29 heavy (non-hydrogen) atoms. The Morgan fingerprint density at radius 3 is 2.55 bits per heavy atom. The van der Waals surface area contributed by atoms with Crippen molar-refractivity contribution in [1.82, 2.24) is 0 Å². The van der Waals surface area contributed by atoms with Crippen molar-refractivity contribution in [2.45, 2.75) is 91.6 Å². The topological polar surface area (TPSA) is 29.5 Å². The van der Waals surface area contributed by atoms with Gasteiger partial charge in [0.1, 0.15) is 17.1 Å². The average molecular weight is 395 g/mol. The molecule has 0 saturated heterocycles. The maximum Gasteiger partial charge on any atom is 0.127 e. The first-order valence-corrected chi connectivity index (χ1v) is 11.7. The number of phenols is 1. The summed E-state index contributed by atoms with van der Waals surface area (Å²) in [7, 11) is 0. The van der Waals surface area contributed by atoms with Crippen LogP contribution in [-0.2, 0) is 6.42 Å². The lowest BCUT2D eigenvalue weighted by molar-refractivity contribution is 0.00748. The van der Waals surface area contributed by atoms with E-state index in [9.17, 15) is 5.11 Å². The van der Waals surface area contributed by atoms with Gasteiger partial charge in [-0.15, -0.1) is 0 Å². The van der Waals surface area contributed by atoms with E-state index in [0.29, 0.717) is 34.3 Å². The van der Waals surface area contributed by atoms with E-state index in [1.165, 1.54) is 24.8 Å². The molecule has 1 aliphatic heterocycles. The highest BCUT2D eigenvalue weighted by Gasteiger charge is 2.61. The molecule has 2 nitrogen and oxygen atoms in total. The van der Waals surface area contributed by atoms with Crippen molar-refractivity contribution in [3.63, 3.8) is 0 Å². The van der Waals surface area contributed by atoms with Gasteiger partial charge in [-0.2, -0.15) is 0 Å². The Kier molecular flexibility index (Phi) is 4.07. The van der Waals surface area contributed by atoms with Crippen molar-refractivity contribution in [2.75, 3.05) is 0 Å². The van der Waals surface area contributed by atoms with Crippen molar-refractivity contribution in [2.24, 2.45) is 28.6 Å². The molecule has 0 radical (unpaired) electrons. The van der Waals surface area contributed by atoms with Crippen LogP contribution in [0.1, 0.15) is 90.7 Å². The molecule has 1 aromatic carbocycles. The number of aromatic hydroxyl groups is 1. The molecule has 3 aliphatic carbocycles. The Balaban J connectivity index is 1.51. The molecule has 158 valence electrons. The summed E-state index contributed by atoms with van der Waals surface area (Å²) < 4.78 is 6.44. The lowest BCUT2D eigenvalue weighted by Crippen LogP contribution is -2.45. The molecule has 2 fully saturated rings. The van der Waals surface area contributed by atoms with Crippen molar-refractivity contribution in [3.05, 3.63) is 34.9 Å². The van der Waals surface area contributed by atoms with Crippen molar-refractivity contribution >= 4 is 0 Å². The van der Waals surface area contributed by atoms with Crippen molar-refractivity contribution < 1.29 is 9.84 Å². The molecular formula is C27H38O2. The summed E-state index contributed by atoms with van der Waals surface area (Å²) in [5.74, 6) is 3.75. The fourth-order valence-electron chi connectivity index (χ4n) is 7.69. The van der Waals surface area contributed by atoms with Crippen LogP contribution in [0.25, 0.3) is 0 Å². The second-order valence-corrected chi connectivity index (χ2v) is 11.9. The second-order valence-electron chi connectivity index (χ2n) is 11.9. The summed E-state index contributed by atoms with van der Waals surface area (Å²) in [5, 5.41) is 11.5. The summed E-state index contributed by atoms with van der Waals surface area (Å²) in [6, 6.07) is 4.30. The van der Waals surface area contributed by atoms with Crippen LogP contribution in [0.3, 0.4) is 0 Å². The molecule has 2 bridgehead atoms. The van der Waals surface area contributed by atoms with E-state index in [4.69, 9.17) is 4.74 Å². The van der Waals surface area contributed by atoms with Gasteiger partial charge in [0.05, 0.1) is 0 Å². The van der Waals surface area contributed by atoms with Crippen LogP contribution in [0.4, 0.5) is 0 Å². The molecular weight excluding hydrogens is 356 g/mol. The highest BCUT2D eigenvalue weighted by atomic mass is 16.5. The van der Waals surface area contributed by atoms with Crippen LogP contribution in [-0.4, -0.2) is 10.7 Å². The van der Waals surface area contributed by atoms with E-state index < -0.39 is 0 Å². The zero-order valence-corrected chi connectivity index (χ0v) is 19.1. The summed E-state index contributed by atoms with van der Waals surface area (Å²) in [6.45, 7) is 14.1. The van der Waals surface area contributed by atoms with Gasteiger partial charge in [-0.25, -0.2) is 0 Å². The first-order valence-electron chi connectivity index (χ1n) is 11.7. The molecule has 2 saturated carbocycles. The molecule has 1 heterocycles. The van der Waals surface area contributed by atoms with Gasteiger partial charge >= 0.3 is 0 Å². The molecule has 0 amide bonds. The molecule has 4 aliphatic rings. The zero-order valence-electron chi connectivity index (χ0n) is 19.1. The van der Waals surface area contributed by atoms with E-state index in [1.807, 2.05) is 0 Å². The van der Waals surface area contributed by atoms with Crippen LogP contribution in [0.2, 0.25) is 0 Å². The highest BCUT2D eigenvalue weighted by molar-refractivity contribution is 5.54. The third kappa shape index (κ3) is 2.60. The number of phenolic OH excluding ortho intramolecular Hbond substituents is 1. The molecule has 5 rings (SSSR count). The van der Waals surface area contributed by atoms with Crippen molar-refractivity contribution in [1.29, 1.82) is 0 Å². The minimum Gasteiger partial charge on any atom is -0.507 e. The van der Waals surface area contributed by atoms with E-state index >= 15 is 0 Å². The molecule has 5 atom stereocenters. The van der Waals surface area contributed by atoms with Crippen molar-refractivity contribution in [3.8, 4) is 11.5 Å². The van der Waals surface area contributed by atoms with Gasteiger partial charge in [-0.05, 0) is 93.6 Å². The lowest BCUT2D eigenvalue weighted by atomic mass is 9.64. The molecule has 0 spiro atoms. The minimum atomic E-state index is -0.190. The number of fused-ring (bicyclic) bond motifs is 5. The maximum absolute atomic E-state index is 11.5. The molecule has 0 unspecified atom stereocenters. The number of hydrogen-bond donors (Lipinski definition) is 1. The lowest BCUT2D eigenvalue weighted by Gasteiger charge is -2.47. The number of hydrogen-bond acceptors (Lipinski definition) is 2. The Morgan fingerprint density at radius 1 is 1.14 bits per heavy atom. The van der Waals surface area contributed by atoms with E-state index in [0.717, 1.165) is 42.1 Å². The Hall–Kier alpha value is -1.44. The predicted octanol–water partition coefficient (Wildman–Crippen LogP) is 7.01. The van der Waals surface area contributed by atoms with Gasteiger partial charge in [0.15, 0.2) is 0 Å². The van der Waals surface area contributed by atoms with Crippen LogP contribution in [0.15, 0.2) is 23.8 Å². The van der Waals surface area contributed by atoms with Gasteiger partial charge in [0, 0.05) is 17.4 Å². The summed E-state index contributed by atoms with van der Waals surface area (Å²) >= 11 is 0. The average Bonchev–Trinajstić information content (AvgIpc) is 2.96. The van der Waals surface area contributed by atoms with E-state index in [1.54, 1.807) is 0 Å². The smallest absolute Gasteiger partial charge is 0.127 e. The van der Waals surface area contributed by atoms with Gasteiger partial charge in [-0.1, -0.05) is 38.5 Å². The summed E-state index contributed by atoms with van der Waals surface area (Å²) in [6.07, 6.45) is 9.50. The van der Waals surface area contributed by atoms with Gasteiger partial charge < -0.3 is 9.84 Å². The molecule has 2 heteroatoms. The minimum absolute atomic E-state index is 0.190. The Labute approximate surface area is 176 Å².